The van der Waals surface area contributed by atoms with E-state index in [9.17, 15) is 14.7 Å². The first-order chi connectivity index (χ1) is 10.6. The number of nitrogens with zero attached hydrogens (tertiary/aromatic N) is 3. The van der Waals surface area contributed by atoms with Crippen molar-refractivity contribution in [2.24, 2.45) is 0 Å². The van der Waals surface area contributed by atoms with Gasteiger partial charge in [0.25, 0.3) is 5.56 Å². The number of aromatic amines is 1. The fraction of sp³-hybridized carbons (Fsp3) is 0.143. The Kier molecular flexibility index (Phi) is 3.57. The van der Waals surface area contributed by atoms with Crippen LogP contribution in [0.15, 0.2) is 41.5 Å². The van der Waals surface area contributed by atoms with E-state index < -0.39 is 12.5 Å². The van der Waals surface area contributed by atoms with Gasteiger partial charge in [0.1, 0.15) is 0 Å². The minimum absolute atomic E-state index is 0.0478. The highest BCUT2D eigenvalue weighted by Gasteiger charge is 2.10. The molecule has 0 fully saturated rings. The Balaban J connectivity index is 1.94. The molecule has 0 aliphatic heterocycles. The number of rotatable bonds is 5. The molecule has 8 heteroatoms. The van der Waals surface area contributed by atoms with Crippen LogP contribution in [0.2, 0.25) is 0 Å². The van der Waals surface area contributed by atoms with Crippen LogP contribution in [0.5, 0.6) is 0 Å². The number of aliphatic carboxylic acids is 1. The standard InChI is InChI=1S/C14H13N5O3/c20-10(21)6-15-14-17-12-11(13(22)18-14)19(8-16-12)7-9-4-2-1-3-5-9/h1-5,8H,6-7H2,(H,20,21)(H2,15,17,18,22)/p-1. The second kappa shape index (κ2) is 5.68. The van der Waals surface area contributed by atoms with Crippen molar-refractivity contribution in [2.75, 3.05) is 11.9 Å². The van der Waals surface area contributed by atoms with Gasteiger partial charge in [-0.1, -0.05) is 30.3 Å². The molecule has 1 aromatic carbocycles. The van der Waals surface area contributed by atoms with Gasteiger partial charge in [0.2, 0.25) is 5.95 Å². The van der Waals surface area contributed by atoms with Crippen molar-refractivity contribution in [1.29, 1.82) is 0 Å². The monoisotopic (exact) mass is 298 g/mol. The van der Waals surface area contributed by atoms with Crippen molar-refractivity contribution < 1.29 is 9.90 Å². The molecule has 2 heterocycles. The summed E-state index contributed by atoms with van der Waals surface area (Å²) in [7, 11) is 0. The summed E-state index contributed by atoms with van der Waals surface area (Å²) in [6, 6.07) is 9.64. The fourth-order valence-corrected chi connectivity index (χ4v) is 2.13. The van der Waals surface area contributed by atoms with E-state index in [0.29, 0.717) is 12.1 Å². The molecule has 2 aromatic heterocycles. The van der Waals surface area contributed by atoms with Gasteiger partial charge in [0, 0.05) is 6.54 Å². The molecule has 0 atom stereocenters. The van der Waals surface area contributed by atoms with Gasteiger partial charge in [0.15, 0.2) is 11.2 Å². The third kappa shape index (κ3) is 2.80. The summed E-state index contributed by atoms with van der Waals surface area (Å²) in [6.07, 6.45) is 1.53. The molecule has 0 unspecified atom stereocenters. The lowest BCUT2D eigenvalue weighted by molar-refractivity contribution is -0.302. The van der Waals surface area contributed by atoms with Crippen LogP contribution >= 0.6 is 0 Å². The number of fused-ring (bicyclic) bond motifs is 1. The molecule has 3 rings (SSSR count). The topological polar surface area (TPSA) is 116 Å². The zero-order valence-corrected chi connectivity index (χ0v) is 11.4. The molecule has 0 amide bonds. The molecule has 0 aliphatic rings. The number of H-pyrrole nitrogens is 1. The highest BCUT2D eigenvalue weighted by atomic mass is 16.4. The van der Waals surface area contributed by atoms with Crippen LogP contribution < -0.4 is 16.0 Å². The number of carbonyl (C=O) groups is 1. The number of carboxylic acids is 1. The summed E-state index contributed by atoms with van der Waals surface area (Å²) in [4.78, 5) is 33.2. The maximum Gasteiger partial charge on any atom is 0.278 e. The highest BCUT2D eigenvalue weighted by molar-refractivity contribution is 5.73. The van der Waals surface area contributed by atoms with E-state index in [0.717, 1.165) is 5.56 Å². The Morgan fingerprint density at radius 1 is 1.32 bits per heavy atom. The number of hydrogen-bond acceptors (Lipinski definition) is 6. The highest BCUT2D eigenvalue weighted by Crippen LogP contribution is 2.10. The molecule has 0 spiro atoms. The van der Waals surface area contributed by atoms with Gasteiger partial charge in [-0.2, -0.15) is 4.98 Å². The third-order valence-electron chi connectivity index (χ3n) is 3.08. The number of aromatic nitrogens is 4. The minimum Gasteiger partial charge on any atom is -0.548 e. The van der Waals surface area contributed by atoms with E-state index >= 15 is 0 Å². The Morgan fingerprint density at radius 3 is 2.82 bits per heavy atom. The quantitative estimate of drug-likeness (QED) is 0.645. The Morgan fingerprint density at radius 2 is 2.09 bits per heavy atom. The third-order valence-corrected chi connectivity index (χ3v) is 3.08. The zero-order chi connectivity index (χ0) is 15.5. The number of hydrogen-bond donors (Lipinski definition) is 2. The molecule has 112 valence electrons. The van der Waals surface area contributed by atoms with E-state index in [1.807, 2.05) is 30.3 Å². The van der Waals surface area contributed by atoms with Gasteiger partial charge >= 0.3 is 0 Å². The van der Waals surface area contributed by atoms with Gasteiger partial charge in [-0.05, 0) is 5.56 Å². The summed E-state index contributed by atoms with van der Waals surface area (Å²) >= 11 is 0. The molecule has 0 bridgehead atoms. The Labute approximate surface area is 124 Å². The molecular formula is C14H12N5O3-. The Bertz CT molecular complexity index is 869. The lowest BCUT2D eigenvalue weighted by Crippen LogP contribution is -2.31. The van der Waals surface area contributed by atoms with Crippen LogP contribution in [-0.4, -0.2) is 32.0 Å². The SMILES string of the molecule is O=C([O-])CNc1nc2ncn(Cc3ccccc3)c2c(=O)[nH]1. The lowest BCUT2D eigenvalue weighted by atomic mass is 10.2. The lowest BCUT2D eigenvalue weighted by Gasteiger charge is -2.06. The molecule has 0 aliphatic carbocycles. The van der Waals surface area contributed by atoms with E-state index in [4.69, 9.17) is 0 Å². The van der Waals surface area contributed by atoms with Crippen LogP contribution in [0.3, 0.4) is 0 Å². The first-order valence-corrected chi connectivity index (χ1v) is 6.56. The molecule has 0 saturated heterocycles. The summed E-state index contributed by atoms with van der Waals surface area (Å²) < 4.78 is 1.69. The van der Waals surface area contributed by atoms with E-state index in [-0.39, 0.29) is 17.2 Å². The van der Waals surface area contributed by atoms with Crippen LogP contribution in [0, 0.1) is 0 Å². The summed E-state index contributed by atoms with van der Waals surface area (Å²) in [5, 5.41) is 12.9. The van der Waals surface area contributed by atoms with Crippen LogP contribution in [0.1, 0.15) is 5.56 Å². The predicted octanol–water partition coefficient (Wildman–Crippen LogP) is -0.670. The number of nitrogens with one attached hydrogen (secondary N) is 2. The minimum atomic E-state index is -1.29. The van der Waals surface area contributed by atoms with E-state index in [1.54, 1.807) is 4.57 Å². The van der Waals surface area contributed by atoms with Gasteiger partial charge in [-0.3, -0.25) is 9.78 Å². The van der Waals surface area contributed by atoms with Crippen molar-refractivity contribution in [3.8, 4) is 0 Å². The van der Waals surface area contributed by atoms with Crippen molar-refractivity contribution in [3.05, 3.63) is 52.6 Å². The molecule has 22 heavy (non-hydrogen) atoms. The number of anilines is 1. The summed E-state index contributed by atoms with van der Waals surface area (Å²) in [5.41, 5.74) is 1.23. The smallest absolute Gasteiger partial charge is 0.278 e. The summed E-state index contributed by atoms with van der Waals surface area (Å²) in [6.45, 7) is 0.0487. The number of imidazole rings is 1. The maximum atomic E-state index is 12.2. The molecule has 3 aromatic rings. The molecule has 0 radical (unpaired) electrons. The first-order valence-electron chi connectivity index (χ1n) is 6.56. The number of carbonyl (C=O) groups excluding carboxylic acids is 1. The van der Waals surface area contributed by atoms with Crippen molar-refractivity contribution in [2.45, 2.75) is 6.54 Å². The number of carboxylic acid groups (broad SMARTS) is 1. The van der Waals surface area contributed by atoms with Crippen molar-refractivity contribution >= 4 is 23.1 Å². The average molecular weight is 298 g/mol. The van der Waals surface area contributed by atoms with Gasteiger partial charge < -0.3 is 19.8 Å². The summed E-state index contributed by atoms with van der Waals surface area (Å²) in [5.74, 6) is -1.25. The zero-order valence-electron chi connectivity index (χ0n) is 11.4. The average Bonchev–Trinajstić information content (AvgIpc) is 2.90. The van der Waals surface area contributed by atoms with Crippen molar-refractivity contribution in [3.63, 3.8) is 0 Å². The predicted molar refractivity (Wildman–Crippen MR) is 77.2 cm³/mol. The largest absolute Gasteiger partial charge is 0.548 e. The fourth-order valence-electron chi connectivity index (χ4n) is 2.13. The van der Waals surface area contributed by atoms with E-state index in [2.05, 4.69) is 20.3 Å². The molecular weight excluding hydrogens is 286 g/mol. The van der Waals surface area contributed by atoms with Crippen LogP contribution in [0.4, 0.5) is 5.95 Å². The Hall–Kier alpha value is -3.16. The molecule has 8 nitrogen and oxygen atoms in total. The van der Waals surface area contributed by atoms with Crippen molar-refractivity contribution in [1.82, 2.24) is 19.5 Å². The van der Waals surface area contributed by atoms with Gasteiger partial charge in [-0.15, -0.1) is 0 Å². The second-order valence-corrected chi connectivity index (χ2v) is 4.67. The normalized spacial score (nSPS) is 10.7. The van der Waals surface area contributed by atoms with Gasteiger partial charge in [-0.25, -0.2) is 4.98 Å². The van der Waals surface area contributed by atoms with Crippen LogP contribution in [-0.2, 0) is 11.3 Å². The second-order valence-electron chi connectivity index (χ2n) is 4.67. The van der Waals surface area contributed by atoms with Gasteiger partial charge in [0.05, 0.1) is 18.8 Å². The van der Waals surface area contributed by atoms with Crippen LogP contribution in [0.25, 0.3) is 11.2 Å². The first kappa shape index (κ1) is 13.8. The van der Waals surface area contributed by atoms with E-state index in [1.165, 1.54) is 6.33 Å². The maximum absolute atomic E-state index is 12.2. The molecule has 2 N–H and O–H groups in total. The number of benzene rings is 1. The molecule has 0 saturated carbocycles.